The predicted octanol–water partition coefficient (Wildman–Crippen LogP) is 4.95. The minimum atomic E-state index is -0.497. The van der Waals surface area contributed by atoms with E-state index in [4.69, 9.17) is 27.9 Å². The van der Waals surface area contributed by atoms with E-state index in [0.717, 1.165) is 12.0 Å². The van der Waals surface area contributed by atoms with Crippen LogP contribution in [0.2, 0.25) is 10.0 Å². The molecule has 2 unspecified atom stereocenters. The highest BCUT2D eigenvalue weighted by molar-refractivity contribution is 6.35. The lowest BCUT2D eigenvalue weighted by molar-refractivity contribution is 0.0521. The molecule has 0 aliphatic rings. The maximum Gasteiger partial charge on any atom is 0.407 e. The Hall–Kier alpha value is -0.970. The van der Waals surface area contributed by atoms with Crippen molar-refractivity contribution in [2.24, 2.45) is 0 Å². The summed E-state index contributed by atoms with van der Waals surface area (Å²) in [5, 5.41) is 7.50. The molecule has 1 amide bonds. The van der Waals surface area contributed by atoms with Crippen LogP contribution in [0.25, 0.3) is 0 Å². The second-order valence-corrected chi connectivity index (χ2v) is 7.39. The predicted molar refractivity (Wildman–Crippen MR) is 96.3 cm³/mol. The standard InChI is InChI=1S/C17H26Cl2N2O2/c1-6-13(10-20-16(22)23-17(3,4)5)21-11(2)14-8-7-12(18)9-15(14)19/h7-9,11,13,21H,6,10H2,1-5H3,(H,20,22). The van der Waals surface area contributed by atoms with Crippen molar-refractivity contribution in [1.82, 2.24) is 10.6 Å². The number of hydrogen-bond acceptors (Lipinski definition) is 3. The maximum absolute atomic E-state index is 11.7. The first-order valence-corrected chi connectivity index (χ1v) is 8.55. The lowest BCUT2D eigenvalue weighted by atomic mass is 10.1. The van der Waals surface area contributed by atoms with Gasteiger partial charge in [-0.25, -0.2) is 4.79 Å². The maximum atomic E-state index is 11.7. The van der Waals surface area contributed by atoms with E-state index in [0.29, 0.717) is 16.6 Å². The molecule has 2 N–H and O–H groups in total. The molecule has 23 heavy (non-hydrogen) atoms. The zero-order chi connectivity index (χ0) is 17.6. The van der Waals surface area contributed by atoms with Gasteiger partial charge in [0.25, 0.3) is 0 Å². The molecule has 0 spiro atoms. The fourth-order valence-corrected chi connectivity index (χ4v) is 2.71. The van der Waals surface area contributed by atoms with Crippen LogP contribution in [0.4, 0.5) is 4.79 Å². The molecule has 1 aromatic carbocycles. The molecule has 0 aliphatic heterocycles. The van der Waals surface area contributed by atoms with Crippen molar-refractivity contribution in [3.05, 3.63) is 33.8 Å². The van der Waals surface area contributed by atoms with Gasteiger partial charge < -0.3 is 15.4 Å². The van der Waals surface area contributed by atoms with Crippen LogP contribution in [0.1, 0.15) is 52.6 Å². The molecule has 0 bridgehead atoms. The molecule has 0 radical (unpaired) electrons. The van der Waals surface area contributed by atoms with Crippen molar-refractivity contribution >= 4 is 29.3 Å². The topological polar surface area (TPSA) is 50.4 Å². The van der Waals surface area contributed by atoms with Gasteiger partial charge in [-0.3, -0.25) is 0 Å². The van der Waals surface area contributed by atoms with Gasteiger partial charge in [0.15, 0.2) is 0 Å². The van der Waals surface area contributed by atoms with E-state index in [9.17, 15) is 4.79 Å². The van der Waals surface area contributed by atoms with Crippen LogP contribution in [0, 0.1) is 0 Å². The number of ether oxygens (including phenoxy) is 1. The van der Waals surface area contributed by atoms with E-state index in [1.807, 2.05) is 39.8 Å². The van der Waals surface area contributed by atoms with Gasteiger partial charge in [-0.05, 0) is 51.8 Å². The molecule has 0 aromatic heterocycles. The van der Waals surface area contributed by atoms with Crippen LogP contribution in [-0.4, -0.2) is 24.3 Å². The number of benzene rings is 1. The Morgan fingerprint density at radius 3 is 2.48 bits per heavy atom. The molecule has 0 saturated heterocycles. The van der Waals surface area contributed by atoms with Crippen LogP contribution in [0.3, 0.4) is 0 Å². The molecule has 1 rings (SSSR count). The summed E-state index contributed by atoms with van der Waals surface area (Å²) >= 11 is 12.2. The minimum Gasteiger partial charge on any atom is -0.444 e. The zero-order valence-electron chi connectivity index (χ0n) is 14.4. The third kappa shape index (κ3) is 7.42. The van der Waals surface area contributed by atoms with Gasteiger partial charge in [0.1, 0.15) is 5.60 Å². The molecule has 130 valence electrons. The number of carbonyl (C=O) groups is 1. The van der Waals surface area contributed by atoms with Crippen LogP contribution in [0.15, 0.2) is 18.2 Å². The van der Waals surface area contributed by atoms with Crippen molar-refractivity contribution in [1.29, 1.82) is 0 Å². The SMILES string of the molecule is CCC(CNC(=O)OC(C)(C)C)NC(C)c1ccc(Cl)cc1Cl. The summed E-state index contributed by atoms with van der Waals surface area (Å²) in [6.45, 7) is 10.1. The number of carbonyl (C=O) groups excluding carboxylic acids is 1. The van der Waals surface area contributed by atoms with Gasteiger partial charge in [-0.1, -0.05) is 36.2 Å². The second-order valence-electron chi connectivity index (χ2n) is 6.54. The van der Waals surface area contributed by atoms with E-state index in [2.05, 4.69) is 17.6 Å². The summed E-state index contributed by atoms with van der Waals surface area (Å²) < 4.78 is 5.24. The third-order valence-electron chi connectivity index (χ3n) is 3.30. The van der Waals surface area contributed by atoms with E-state index in [-0.39, 0.29) is 12.1 Å². The number of rotatable bonds is 6. The number of hydrogen-bond donors (Lipinski definition) is 2. The average molecular weight is 361 g/mol. The van der Waals surface area contributed by atoms with Gasteiger partial charge in [0.2, 0.25) is 0 Å². The van der Waals surface area contributed by atoms with Gasteiger partial charge in [-0.2, -0.15) is 0 Å². The van der Waals surface area contributed by atoms with Crippen LogP contribution >= 0.6 is 23.2 Å². The summed E-state index contributed by atoms with van der Waals surface area (Å²) in [4.78, 5) is 11.7. The van der Waals surface area contributed by atoms with Crippen LogP contribution in [0.5, 0.6) is 0 Å². The molecule has 0 saturated carbocycles. The number of halogens is 2. The van der Waals surface area contributed by atoms with Gasteiger partial charge >= 0.3 is 6.09 Å². The molecule has 2 atom stereocenters. The quantitative estimate of drug-likeness (QED) is 0.754. The van der Waals surface area contributed by atoms with Gasteiger partial charge in [-0.15, -0.1) is 0 Å². The average Bonchev–Trinajstić information content (AvgIpc) is 2.41. The zero-order valence-corrected chi connectivity index (χ0v) is 15.9. The van der Waals surface area contributed by atoms with Crippen molar-refractivity contribution < 1.29 is 9.53 Å². The van der Waals surface area contributed by atoms with Crippen molar-refractivity contribution in [3.8, 4) is 0 Å². The molecule has 0 aliphatic carbocycles. The Labute approximate surface area is 148 Å². The Kier molecular flexibility index (Phi) is 7.65. The molecular formula is C17H26Cl2N2O2. The highest BCUT2D eigenvalue weighted by atomic mass is 35.5. The van der Waals surface area contributed by atoms with E-state index < -0.39 is 11.7 Å². The van der Waals surface area contributed by atoms with E-state index in [1.165, 1.54) is 0 Å². The van der Waals surface area contributed by atoms with E-state index >= 15 is 0 Å². The molecule has 0 heterocycles. The Morgan fingerprint density at radius 2 is 1.96 bits per heavy atom. The van der Waals surface area contributed by atoms with Crippen molar-refractivity contribution in [2.45, 2.75) is 58.7 Å². The number of nitrogens with one attached hydrogen (secondary N) is 2. The molecule has 0 fully saturated rings. The summed E-state index contributed by atoms with van der Waals surface area (Å²) in [6, 6.07) is 5.63. The largest absolute Gasteiger partial charge is 0.444 e. The number of amides is 1. The summed E-state index contributed by atoms with van der Waals surface area (Å²) in [7, 11) is 0. The summed E-state index contributed by atoms with van der Waals surface area (Å²) in [5.74, 6) is 0. The monoisotopic (exact) mass is 360 g/mol. The highest BCUT2D eigenvalue weighted by Crippen LogP contribution is 2.26. The first kappa shape index (κ1) is 20.1. The summed E-state index contributed by atoms with van der Waals surface area (Å²) in [5.41, 5.74) is 0.482. The number of alkyl carbamates (subject to hydrolysis) is 1. The molecule has 6 heteroatoms. The van der Waals surface area contributed by atoms with Crippen molar-refractivity contribution in [3.63, 3.8) is 0 Å². The lowest BCUT2D eigenvalue weighted by Crippen LogP contribution is -2.43. The second kappa shape index (κ2) is 8.76. The normalized spacial score (nSPS) is 14.2. The Morgan fingerprint density at radius 1 is 1.30 bits per heavy atom. The highest BCUT2D eigenvalue weighted by Gasteiger charge is 2.18. The molecule has 4 nitrogen and oxygen atoms in total. The lowest BCUT2D eigenvalue weighted by Gasteiger charge is -2.25. The smallest absolute Gasteiger partial charge is 0.407 e. The third-order valence-corrected chi connectivity index (χ3v) is 3.86. The Bertz CT molecular complexity index is 530. The Balaban J connectivity index is 2.57. The van der Waals surface area contributed by atoms with Gasteiger partial charge in [0, 0.05) is 28.7 Å². The fourth-order valence-electron chi connectivity index (χ4n) is 2.14. The van der Waals surface area contributed by atoms with Crippen LogP contribution < -0.4 is 10.6 Å². The molecular weight excluding hydrogens is 335 g/mol. The van der Waals surface area contributed by atoms with E-state index in [1.54, 1.807) is 6.07 Å². The van der Waals surface area contributed by atoms with Gasteiger partial charge in [0.05, 0.1) is 0 Å². The first-order chi connectivity index (χ1) is 10.6. The fraction of sp³-hybridized carbons (Fsp3) is 0.588. The summed E-state index contributed by atoms with van der Waals surface area (Å²) in [6.07, 6.45) is 0.459. The van der Waals surface area contributed by atoms with Crippen molar-refractivity contribution in [2.75, 3.05) is 6.54 Å². The minimum absolute atomic E-state index is 0.0464. The van der Waals surface area contributed by atoms with Crippen LogP contribution in [-0.2, 0) is 4.74 Å². The molecule has 1 aromatic rings. The first-order valence-electron chi connectivity index (χ1n) is 7.80.